The van der Waals surface area contributed by atoms with Crippen molar-refractivity contribution in [2.45, 2.75) is 39.2 Å². The van der Waals surface area contributed by atoms with Crippen LogP contribution in [-0.2, 0) is 6.42 Å². The molecule has 1 aromatic carbocycles. The number of phenols is 1. The van der Waals surface area contributed by atoms with Crippen LogP contribution in [0.1, 0.15) is 32.3 Å². The van der Waals surface area contributed by atoms with Gasteiger partial charge < -0.3 is 9.84 Å². The Balaban J connectivity index is 2.17. The normalized spacial score (nSPS) is 15.7. The summed E-state index contributed by atoms with van der Waals surface area (Å²) in [6.07, 6.45) is 3.86. The second-order valence-corrected chi connectivity index (χ2v) is 4.61. The number of hydrogen-bond acceptors (Lipinski definition) is 2. The standard InChI is InChI=1S/C13H18O2/c1-9(2)15-13-6-5-12(14)8-11(13)7-10-3-4-10/h5-6,8-10,14H,3-4,7H2,1-2H3. The SMILES string of the molecule is CC(C)Oc1ccc(O)cc1CC1CC1. The van der Waals surface area contributed by atoms with Crippen LogP contribution in [-0.4, -0.2) is 11.2 Å². The molecule has 0 atom stereocenters. The molecule has 1 saturated carbocycles. The number of ether oxygens (including phenoxy) is 1. The van der Waals surface area contributed by atoms with Gasteiger partial charge in [-0.25, -0.2) is 0 Å². The second-order valence-electron chi connectivity index (χ2n) is 4.61. The van der Waals surface area contributed by atoms with Gasteiger partial charge in [-0.3, -0.25) is 0 Å². The van der Waals surface area contributed by atoms with E-state index in [0.717, 1.165) is 23.7 Å². The van der Waals surface area contributed by atoms with Crippen molar-refractivity contribution in [2.75, 3.05) is 0 Å². The van der Waals surface area contributed by atoms with Crippen LogP contribution in [0.2, 0.25) is 0 Å². The van der Waals surface area contributed by atoms with Gasteiger partial charge in [0.15, 0.2) is 0 Å². The average Bonchev–Trinajstić information content (AvgIpc) is 2.93. The highest BCUT2D eigenvalue weighted by atomic mass is 16.5. The molecule has 82 valence electrons. The molecule has 1 N–H and O–H groups in total. The van der Waals surface area contributed by atoms with Gasteiger partial charge in [-0.2, -0.15) is 0 Å². The third-order valence-electron chi connectivity index (χ3n) is 2.61. The largest absolute Gasteiger partial charge is 0.508 e. The first-order valence-corrected chi connectivity index (χ1v) is 5.63. The Labute approximate surface area is 90.9 Å². The van der Waals surface area contributed by atoms with E-state index in [1.54, 1.807) is 6.07 Å². The fourth-order valence-corrected chi connectivity index (χ4v) is 1.73. The van der Waals surface area contributed by atoms with Crippen LogP contribution in [0.5, 0.6) is 11.5 Å². The quantitative estimate of drug-likeness (QED) is 0.820. The number of rotatable bonds is 4. The molecule has 1 fully saturated rings. The molecule has 0 amide bonds. The molecular formula is C13H18O2. The van der Waals surface area contributed by atoms with Gasteiger partial charge in [0.1, 0.15) is 11.5 Å². The van der Waals surface area contributed by atoms with Gasteiger partial charge in [-0.1, -0.05) is 0 Å². The average molecular weight is 206 g/mol. The van der Waals surface area contributed by atoms with E-state index in [-0.39, 0.29) is 6.10 Å². The van der Waals surface area contributed by atoms with Crippen molar-refractivity contribution in [3.05, 3.63) is 23.8 Å². The van der Waals surface area contributed by atoms with Crippen molar-refractivity contribution in [3.63, 3.8) is 0 Å². The van der Waals surface area contributed by atoms with E-state index in [4.69, 9.17) is 4.74 Å². The summed E-state index contributed by atoms with van der Waals surface area (Å²) in [5.74, 6) is 2.07. The molecule has 2 rings (SSSR count). The van der Waals surface area contributed by atoms with Gasteiger partial charge >= 0.3 is 0 Å². The molecule has 15 heavy (non-hydrogen) atoms. The predicted octanol–water partition coefficient (Wildman–Crippen LogP) is 3.13. The first-order chi connectivity index (χ1) is 7.15. The monoisotopic (exact) mass is 206 g/mol. The Morgan fingerprint density at radius 3 is 2.73 bits per heavy atom. The smallest absolute Gasteiger partial charge is 0.123 e. The summed E-state index contributed by atoms with van der Waals surface area (Å²) in [5.41, 5.74) is 1.14. The molecule has 0 bridgehead atoms. The van der Waals surface area contributed by atoms with Gasteiger partial charge in [0.25, 0.3) is 0 Å². The van der Waals surface area contributed by atoms with Crippen molar-refractivity contribution in [1.82, 2.24) is 0 Å². The van der Waals surface area contributed by atoms with Crippen molar-refractivity contribution in [2.24, 2.45) is 5.92 Å². The van der Waals surface area contributed by atoms with Crippen LogP contribution in [0, 0.1) is 5.92 Å². The Morgan fingerprint density at radius 2 is 2.13 bits per heavy atom. The summed E-state index contributed by atoms with van der Waals surface area (Å²) >= 11 is 0. The minimum absolute atomic E-state index is 0.187. The molecule has 0 aliphatic heterocycles. The lowest BCUT2D eigenvalue weighted by Gasteiger charge is -2.14. The third kappa shape index (κ3) is 2.88. The molecule has 1 aliphatic rings. The molecule has 0 heterocycles. The summed E-state index contributed by atoms with van der Waals surface area (Å²) < 4.78 is 5.72. The fraction of sp³-hybridized carbons (Fsp3) is 0.538. The van der Waals surface area contributed by atoms with E-state index in [1.165, 1.54) is 12.8 Å². The van der Waals surface area contributed by atoms with E-state index >= 15 is 0 Å². The molecule has 2 nitrogen and oxygen atoms in total. The van der Waals surface area contributed by atoms with Crippen LogP contribution in [0.15, 0.2) is 18.2 Å². The minimum Gasteiger partial charge on any atom is -0.508 e. The van der Waals surface area contributed by atoms with Gasteiger partial charge in [-0.05, 0) is 62.8 Å². The summed E-state index contributed by atoms with van der Waals surface area (Å²) in [5, 5.41) is 9.45. The maximum Gasteiger partial charge on any atom is 0.123 e. The summed E-state index contributed by atoms with van der Waals surface area (Å²) in [7, 11) is 0. The maximum absolute atomic E-state index is 9.45. The first kappa shape index (κ1) is 10.3. The molecule has 0 radical (unpaired) electrons. The topological polar surface area (TPSA) is 29.5 Å². The number of aromatic hydroxyl groups is 1. The van der Waals surface area contributed by atoms with Crippen molar-refractivity contribution in [1.29, 1.82) is 0 Å². The lowest BCUT2D eigenvalue weighted by atomic mass is 10.1. The van der Waals surface area contributed by atoms with E-state index in [9.17, 15) is 5.11 Å². The van der Waals surface area contributed by atoms with E-state index in [1.807, 2.05) is 26.0 Å². The van der Waals surface area contributed by atoms with Crippen LogP contribution < -0.4 is 4.74 Å². The van der Waals surface area contributed by atoms with Gasteiger partial charge in [0.05, 0.1) is 6.10 Å². The minimum atomic E-state index is 0.187. The van der Waals surface area contributed by atoms with Crippen LogP contribution >= 0.6 is 0 Å². The molecular weight excluding hydrogens is 188 g/mol. The zero-order chi connectivity index (χ0) is 10.8. The number of phenolic OH excluding ortho intramolecular Hbond substituents is 1. The highest BCUT2D eigenvalue weighted by Gasteiger charge is 2.23. The van der Waals surface area contributed by atoms with Crippen molar-refractivity contribution in [3.8, 4) is 11.5 Å². The van der Waals surface area contributed by atoms with E-state index in [0.29, 0.717) is 5.75 Å². The van der Waals surface area contributed by atoms with Crippen LogP contribution in [0.25, 0.3) is 0 Å². The molecule has 1 aromatic rings. The summed E-state index contributed by atoms with van der Waals surface area (Å²) in [6, 6.07) is 5.39. The van der Waals surface area contributed by atoms with Crippen LogP contribution in [0.4, 0.5) is 0 Å². The summed E-state index contributed by atoms with van der Waals surface area (Å²) in [6.45, 7) is 4.04. The Hall–Kier alpha value is -1.18. The number of hydrogen-bond donors (Lipinski definition) is 1. The lowest BCUT2D eigenvalue weighted by Crippen LogP contribution is -2.07. The number of benzene rings is 1. The first-order valence-electron chi connectivity index (χ1n) is 5.63. The highest BCUT2D eigenvalue weighted by Crippen LogP contribution is 2.36. The molecule has 0 unspecified atom stereocenters. The molecule has 0 aromatic heterocycles. The lowest BCUT2D eigenvalue weighted by molar-refractivity contribution is 0.239. The fourth-order valence-electron chi connectivity index (χ4n) is 1.73. The van der Waals surface area contributed by atoms with E-state index < -0.39 is 0 Å². The Kier molecular flexibility index (Phi) is 2.85. The van der Waals surface area contributed by atoms with E-state index in [2.05, 4.69) is 0 Å². The second kappa shape index (κ2) is 4.13. The zero-order valence-electron chi connectivity index (χ0n) is 9.36. The summed E-state index contributed by atoms with van der Waals surface area (Å²) in [4.78, 5) is 0. The van der Waals surface area contributed by atoms with Crippen LogP contribution in [0.3, 0.4) is 0 Å². The maximum atomic E-state index is 9.45. The molecule has 2 heteroatoms. The van der Waals surface area contributed by atoms with Gasteiger partial charge in [0.2, 0.25) is 0 Å². The molecule has 1 aliphatic carbocycles. The van der Waals surface area contributed by atoms with Gasteiger partial charge in [-0.15, -0.1) is 0 Å². The Morgan fingerprint density at radius 1 is 1.40 bits per heavy atom. The zero-order valence-corrected chi connectivity index (χ0v) is 9.36. The third-order valence-corrected chi connectivity index (χ3v) is 2.61. The highest BCUT2D eigenvalue weighted by molar-refractivity contribution is 5.40. The van der Waals surface area contributed by atoms with Crippen molar-refractivity contribution >= 4 is 0 Å². The molecule has 0 saturated heterocycles. The van der Waals surface area contributed by atoms with Crippen molar-refractivity contribution < 1.29 is 9.84 Å². The Bertz CT molecular complexity index is 340. The molecule has 0 spiro atoms. The predicted molar refractivity (Wildman–Crippen MR) is 60.3 cm³/mol. The van der Waals surface area contributed by atoms with Gasteiger partial charge in [0, 0.05) is 0 Å².